The van der Waals surface area contributed by atoms with E-state index in [-0.39, 0.29) is 0 Å². The van der Waals surface area contributed by atoms with Crippen LogP contribution in [0.1, 0.15) is 0 Å². The molecule has 0 N–H and O–H groups in total. The van der Waals surface area contributed by atoms with Crippen molar-refractivity contribution < 1.29 is 0 Å². The molecule has 0 unspecified atom stereocenters. The lowest BCUT2D eigenvalue weighted by Crippen LogP contribution is -1.47. The van der Waals surface area contributed by atoms with Crippen LogP contribution >= 0.6 is 11.8 Å². The summed E-state index contributed by atoms with van der Waals surface area (Å²) in [4.78, 5) is 0. The van der Waals surface area contributed by atoms with Crippen LogP contribution in [0.3, 0.4) is 0 Å². The van der Waals surface area contributed by atoms with E-state index in [9.17, 15) is 0 Å². The number of thioether (sulfide) groups is 1. The van der Waals surface area contributed by atoms with Gasteiger partial charge in [-0.1, -0.05) is 36.4 Å². The number of hydrogen-bond acceptors (Lipinski definition) is 1. The highest BCUT2D eigenvalue weighted by atomic mass is 32.2. The molecule has 0 nitrogen and oxygen atoms in total. The summed E-state index contributed by atoms with van der Waals surface area (Å²) in [6.07, 6.45) is 4.08. The molecule has 0 saturated heterocycles. The highest BCUT2D eigenvalue weighted by molar-refractivity contribution is 7.97. The maximum atomic E-state index is 2.04. The van der Waals surface area contributed by atoms with Crippen LogP contribution in [0.5, 0.6) is 0 Å². The predicted molar refractivity (Wildman–Crippen MR) is 45.9 cm³/mol. The van der Waals surface area contributed by atoms with Gasteiger partial charge in [-0.15, -0.1) is 0 Å². The van der Waals surface area contributed by atoms with Crippen molar-refractivity contribution in [3.05, 3.63) is 36.4 Å². The smallest absolute Gasteiger partial charge is 0.0187 e. The molecule has 0 fully saturated rings. The Kier molecular flexibility index (Phi) is 7.21. The van der Waals surface area contributed by atoms with Gasteiger partial charge in [-0.3, -0.25) is 0 Å². The SMILES string of the molecule is CSC.c1ccccc1. The Balaban J connectivity index is 0.000000187. The molecule has 0 heterocycles. The second-order valence-electron chi connectivity index (χ2n) is 1.56. The lowest BCUT2D eigenvalue weighted by molar-refractivity contribution is 1.72. The van der Waals surface area contributed by atoms with Crippen LogP contribution in [0.15, 0.2) is 36.4 Å². The average Bonchev–Trinajstić information content (AvgIpc) is 1.93. The van der Waals surface area contributed by atoms with Crippen LogP contribution in [-0.4, -0.2) is 12.5 Å². The second kappa shape index (κ2) is 7.57. The van der Waals surface area contributed by atoms with Crippen molar-refractivity contribution >= 4 is 11.8 Å². The Bertz CT molecular complexity index is 87.4. The first kappa shape index (κ1) is 8.57. The molecule has 0 aliphatic carbocycles. The standard InChI is InChI=1S/C6H6.C2H6S/c1-2-4-6-5-3-1;1-3-2/h1-6H;1-2H3. The summed E-state index contributed by atoms with van der Waals surface area (Å²) >= 11 is 1.75. The summed E-state index contributed by atoms with van der Waals surface area (Å²) in [5.74, 6) is 0. The summed E-state index contributed by atoms with van der Waals surface area (Å²) in [7, 11) is 0. The molecule has 0 bridgehead atoms. The Morgan fingerprint density at radius 1 is 0.667 bits per heavy atom. The fourth-order valence-corrected chi connectivity index (χ4v) is 0.385. The van der Waals surface area contributed by atoms with Crippen LogP contribution in [0.2, 0.25) is 0 Å². The monoisotopic (exact) mass is 140 g/mol. The lowest BCUT2D eigenvalue weighted by Gasteiger charge is -1.69. The second-order valence-corrected chi connectivity index (χ2v) is 2.38. The Labute approximate surface area is 61.3 Å². The van der Waals surface area contributed by atoms with Crippen molar-refractivity contribution in [1.29, 1.82) is 0 Å². The summed E-state index contributed by atoms with van der Waals surface area (Å²) < 4.78 is 0. The highest BCUT2D eigenvalue weighted by Gasteiger charge is 1.57. The van der Waals surface area contributed by atoms with E-state index in [2.05, 4.69) is 0 Å². The number of rotatable bonds is 0. The van der Waals surface area contributed by atoms with Crippen molar-refractivity contribution in [1.82, 2.24) is 0 Å². The minimum absolute atomic E-state index is 1.75. The Morgan fingerprint density at radius 2 is 0.778 bits per heavy atom. The van der Waals surface area contributed by atoms with Gasteiger partial charge in [0.05, 0.1) is 0 Å². The van der Waals surface area contributed by atoms with Gasteiger partial charge in [-0.25, -0.2) is 0 Å². The summed E-state index contributed by atoms with van der Waals surface area (Å²) in [6, 6.07) is 12.0. The first-order valence-corrected chi connectivity index (χ1v) is 4.45. The van der Waals surface area contributed by atoms with E-state index in [1.165, 1.54) is 0 Å². The normalized spacial score (nSPS) is 7.33. The third-order valence-corrected chi connectivity index (χ3v) is 0.667. The summed E-state index contributed by atoms with van der Waals surface area (Å²) in [5, 5.41) is 0. The largest absolute Gasteiger partial charge is 0.169 e. The van der Waals surface area contributed by atoms with E-state index >= 15 is 0 Å². The van der Waals surface area contributed by atoms with Gasteiger partial charge in [0.2, 0.25) is 0 Å². The molecule has 1 heteroatoms. The highest BCUT2D eigenvalue weighted by Crippen LogP contribution is 1.79. The zero-order valence-corrected chi connectivity index (χ0v) is 6.69. The van der Waals surface area contributed by atoms with Crippen molar-refractivity contribution in [3.8, 4) is 0 Å². The van der Waals surface area contributed by atoms with Crippen LogP contribution in [-0.2, 0) is 0 Å². The fourth-order valence-electron chi connectivity index (χ4n) is 0.385. The summed E-state index contributed by atoms with van der Waals surface area (Å²) in [6.45, 7) is 0. The first-order valence-electron chi connectivity index (χ1n) is 2.82. The molecule has 0 atom stereocenters. The first-order chi connectivity index (χ1) is 4.41. The Hall–Kier alpha value is -0.430. The molecule has 0 radical (unpaired) electrons. The maximum Gasteiger partial charge on any atom is -0.0187 e. The van der Waals surface area contributed by atoms with Crippen molar-refractivity contribution in [2.75, 3.05) is 12.5 Å². The number of benzene rings is 1. The van der Waals surface area contributed by atoms with Gasteiger partial charge >= 0.3 is 0 Å². The quantitative estimate of drug-likeness (QED) is 0.534. The lowest BCUT2D eigenvalue weighted by atomic mass is 10.4. The molecular formula is C8H12S. The van der Waals surface area contributed by atoms with Crippen molar-refractivity contribution in [2.24, 2.45) is 0 Å². The predicted octanol–water partition coefficient (Wildman–Crippen LogP) is 2.67. The van der Waals surface area contributed by atoms with E-state index in [1.54, 1.807) is 11.8 Å². The molecule has 0 aliphatic heterocycles. The van der Waals surface area contributed by atoms with Crippen LogP contribution < -0.4 is 0 Å². The Morgan fingerprint density at radius 3 is 0.889 bits per heavy atom. The van der Waals surface area contributed by atoms with E-state index in [4.69, 9.17) is 0 Å². The third kappa shape index (κ3) is 7.57. The molecule has 0 amide bonds. The minimum atomic E-state index is 1.75. The van der Waals surface area contributed by atoms with Gasteiger partial charge < -0.3 is 0 Å². The van der Waals surface area contributed by atoms with E-state index in [0.717, 1.165) is 0 Å². The van der Waals surface area contributed by atoms with E-state index in [0.29, 0.717) is 0 Å². The van der Waals surface area contributed by atoms with Crippen LogP contribution in [0.4, 0.5) is 0 Å². The number of hydrogen-bond donors (Lipinski definition) is 0. The molecule has 1 aromatic carbocycles. The minimum Gasteiger partial charge on any atom is -0.169 e. The van der Waals surface area contributed by atoms with Gasteiger partial charge in [0.25, 0.3) is 0 Å². The fraction of sp³-hybridized carbons (Fsp3) is 0.250. The van der Waals surface area contributed by atoms with Gasteiger partial charge in [-0.2, -0.15) is 11.8 Å². The maximum absolute atomic E-state index is 2.04. The summed E-state index contributed by atoms with van der Waals surface area (Å²) in [5.41, 5.74) is 0. The molecule has 1 aromatic rings. The average molecular weight is 140 g/mol. The van der Waals surface area contributed by atoms with Gasteiger partial charge in [-0.05, 0) is 12.5 Å². The van der Waals surface area contributed by atoms with Crippen molar-refractivity contribution in [2.45, 2.75) is 0 Å². The molecule has 0 saturated carbocycles. The van der Waals surface area contributed by atoms with E-state index in [1.807, 2.05) is 48.9 Å². The van der Waals surface area contributed by atoms with Gasteiger partial charge in [0.15, 0.2) is 0 Å². The van der Waals surface area contributed by atoms with Crippen LogP contribution in [0, 0.1) is 0 Å². The molecule has 0 aliphatic rings. The molecule has 50 valence electrons. The van der Waals surface area contributed by atoms with E-state index < -0.39 is 0 Å². The molecule has 0 spiro atoms. The zero-order chi connectivity index (χ0) is 6.95. The zero-order valence-electron chi connectivity index (χ0n) is 5.87. The molecule has 9 heavy (non-hydrogen) atoms. The van der Waals surface area contributed by atoms with Gasteiger partial charge in [0, 0.05) is 0 Å². The van der Waals surface area contributed by atoms with Crippen molar-refractivity contribution in [3.63, 3.8) is 0 Å². The topological polar surface area (TPSA) is 0 Å². The third-order valence-electron chi connectivity index (χ3n) is 0.667. The van der Waals surface area contributed by atoms with Crippen LogP contribution in [0.25, 0.3) is 0 Å². The molecular weight excluding hydrogens is 128 g/mol. The molecule has 1 rings (SSSR count). The van der Waals surface area contributed by atoms with Gasteiger partial charge in [0.1, 0.15) is 0 Å². The molecule has 0 aromatic heterocycles.